The van der Waals surface area contributed by atoms with Gasteiger partial charge >= 0.3 is 0 Å². The second-order valence-corrected chi connectivity index (χ2v) is 5.87. The molecular weight excluding hydrogens is 264 g/mol. The van der Waals surface area contributed by atoms with Crippen molar-refractivity contribution >= 4 is 23.0 Å². The molecule has 1 atom stereocenters. The molecule has 0 aromatic heterocycles. The summed E-state index contributed by atoms with van der Waals surface area (Å²) < 4.78 is 0. The predicted molar refractivity (Wildman–Crippen MR) is 85.9 cm³/mol. The summed E-state index contributed by atoms with van der Waals surface area (Å²) in [5, 5.41) is 0.976. The number of hydrogen-bond acceptors (Lipinski definition) is 1. The molecule has 2 aliphatic rings. The van der Waals surface area contributed by atoms with Crippen LogP contribution in [0.1, 0.15) is 11.1 Å². The zero-order valence-electron chi connectivity index (χ0n) is 11.2. The predicted octanol–water partition coefficient (Wildman–Crippen LogP) is 3.22. The fourth-order valence-electron chi connectivity index (χ4n) is 3.29. The van der Waals surface area contributed by atoms with Gasteiger partial charge in [0.1, 0.15) is 0 Å². The molecule has 3 heteroatoms. The van der Waals surface area contributed by atoms with Crippen LogP contribution >= 0.6 is 12.2 Å². The fourth-order valence-corrected chi connectivity index (χ4v) is 3.67. The number of rotatable bonds is 2. The highest BCUT2D eigenvalue weighted by atomic mass is 32.1. The van der Waals surface area contributed by atoms with Gasteiger partial charge in [-0.05, 0) is 35.8 Å². The van der Waals surface area contributed by atoms with Gasteiger partial charge < -0.3 is 9.80 Å². The van der Waals surface area contributed by atoms with E-state index in [0.717, 1.165) is 24.6 Å². The van der Waals surface area contributed by atoms with E-state index in [1.54, 1.807) is 0 Å². The van der Waals surface area contributed by atoms with E-state index in [0.29, 0.717) is 6.04 Å². The van der Waals surface area contributed by atoms with Crippen molar-refractivity contribution in [1.29, 1.82) is 0 Å². The maximum atomic E-state index is 5.71. The molecule has 0 amide bonds. The lowest BCUT2D eigenvalue weighted by Gasteiger charge is -2.21. The molecule has 1 fully saturated rings. The number of para-hydroxylation sites is 1. The molecule has 4 rings (SSSR count). The summed E-state index contributed by atoms with van der Waals surface area (Å²) in [5.41, 5.74) is 4.06. The van der Waals surface area contributed by atoms with Crippen LogP contribution in [0.25, 0.3) is 0 Å². The minimum atomic E-state index is 0.517. The van der Waals surface area contributed by atoms with Crippen LogP contribution in [0.4, 0.5) is 5.69 Å². The molecule has 0 radical (unpaired) electrons. The van der Waals surface area contributed by atoms with E-state index in [1.165, 1.54) is 16.8 Å². The molecule has 2 aromatic rings. The highest BCUT2D eigenvalue weighted by molar-refractivity contribution is 7.80. The normalized spacial score (nSPS) is 20.2. The maximum absolute atomic E-state index is 5.71. The Kier molecular flexibility index (Phi) is 2.74. The largest absolute Gasteiger partial charge is 0.342 e. The van der Waals surface area contributed by atoms with Crippen LogP contribution in [0.2, 0.25) is 0 Å². The van der Waals surface area contributed by atoms with Crippen LogP contribution in [0, 0.1) is 0 Å². The SMILES string of the molecule is S=C1N(Cc2ccccc2)CC2Cc3ccccc3N12. The first kappa shape index (κ1) is 11.9. The van der Waals surface area contributed by atoms with E-state index >= 15 is 0 Å². The van der Waals surface area contributed by atoms with Crippen molar-refractivity contribution < 1.29 is 0 Å². The second kappa shape index (κ2) is 4.60. The van der Waals surface area contributed by atoms with Gasteiger partial charge in [0.05, 0.1) is 6.04 Å². The highest BCUT2D eigenvalue weighted by Crippen LogP contribution is 2.37. The Morgan fingerprint density at radius 2 is 1.75 bits per heavy atom. The summed E-state index contributed by atoms with van der Waals surface area (Å²) in [6.07, 6.45) is 1.11. The Balaban J connectivity index is 1.59. The summed E-state index contributed by atoms with van der Waals surface area (Å²) in [4.78, 5) is 4.67. The van der Waals surface area contributed by atoms with E-state index in [-0.39, 0.29) is 0 Å². The smallest absolute Gasteiger partial charge is 0.176 e. The monoisotopic (exact) mass is 280 g/mol. The van der Waals surface area contributed by atoms with Gasteiger partial charge in [0, 0.05) is 18.8 Å². The average molecular weight is 280 g/mol. The topological polar surface area (TPSA) is 6.48 Å². The van der Waals surface area contributed by atoms with Crippen molar-refractivity contribution in [2.45, 2.75) is 19.0 Å². The maximum Gasteiger partial charge on any atom is 0.176 e. The first-order valence-electron chi connectivity index (χ1n) is 7.03. The molecule has 2 nitrogen and oxygen atoms in total. The van der Waals surface area contributed by atoms with Crippen LogP contribution in [-0.4, -0.2) is 22.6 Å². The number of anilines is 1. The molecule has 2 aliphatic heterocycles. The lowest BCUT2D eigenvalue weighted by Crippen LogP contribution is -2.31. The zero-order chi connectivity index (χ0) is 13.5. The van der Waals surface area contributed by atoms with E-state index in [4.69, 9.17) is 12.2 Å². The second-order valence-electron chi connectivity index (χ2n) is 5.51. The van der Waals surface area contributed by atoms with E-state index in [1.807, 2.05) is 0 Å². The number of hydrogen-bond donors (Lipinski definition) is 0. The van der Waals surface area contributed by atoms with Gasteiger partial charge in [0.25, 0.3) is 0 Å². The summed E-state index contributed by atoms with van der Waals surface area (Å²) in [5.74, 6) is 0. The zero-order valence-corrected chi connectivity index (χ0v) is 12.0. The Hall–Kier alpha value is -1.87. The average Bonchev–Trinajstić information content (AvgIpc) is 2.98. The number of nitrogens with zero attached hydrogens (tertiary/aromatic N) is 2. The van der Waals surface area contributed by atoms with Crippen molar-refractivity contribution in [3.63, 3.8) is 0 Å². The van der Waals surface area contributed by atoms with Gasteiger partial charge in [0.15, 0.2) is 5.11 Å². The molecule has 1 saturated heterocycles. The number of thiocarbonyl (C=S) groups is 1. The quantitative estimate of drug-likeness (QED) is 0.780. The van der Waals surface area contributed by atoms with E-state index in [2.05, 4.69) is 64.4 Å². The first-order valence-corrected chi connectivity index (χ1v) is 7.44. The van der Waals surface area contributed by atoms with Crippen LogP contribution in [-0.2, 0) is 13.0 Å². The summed E-state index contributed by atoms with van der Waals surface area (Å²) in [6.45, 7) is 1.94. The van der Waals surface area contributed by atoms with E-state index in [9.17, 15) is 0 Å². The standard InChI is InChI=1S/C17H16N2S/c20-17-18(11-13-6-2-1-3-7-13)12-15-10-14-8-4-5-9-16(14)19(15)17/h1-9,15H,10-12H2. The molecule has 20 heavy (non-hydrogen) atoms. The van der Waals surface area contributed by atoms with Gasteiger partial charge in [-0.3, -0.25) is 0 Å². The van der Waals surface area contributed by atoms with Gasteiger partial charge in [-0.15, -0.1) is 0 Å². The molecule has 0 N–H and O–H groups in total. The van der Waals surface area contributed by atoms with Crippen molar-refractivity contribution in [2.75, 3.05) is 11.4 Å². The van der Waals surface area contributed by atoms with Gasteiger partial charge in [-0.1, -0.05) is 48.5 Å². The third-order valence-corrected chi connectivity index (χ3v) is 4.65. The van der Waals surface area contributed by atoms with Crippen molar-refractivity contribution in [1.82, 2.24) is 4.90 Å². The summed E-state index contributed by atoms with van der Waals surface area (Å²) in [7, 11) is 0. The molecule has 0 saturated carbocycles. The Morgan fingerprint density at radius 3 is 2.60 bits per heavy atom. The fraction of sp³-hybridized carbons (Fsp3) is 0.235. The van der Waals surface area contributed by atoms with Crippen LogP contribution in [0.15, 0.2) is 54.6 Å². The van der Waals surface area contributed by atoms with E-state index < -0.39 is 0 Å². The van der Waals surface area contributed by atoms with Crippen LogP contribution in [0.3, 0.4) is 0 Å². The van der Waals surface area contributed by atoms with Crippen molar-refractivity contribution in [3.05, 3.63) is 65.7 Å². The van der Waals surface area contributed by atoms with Gasteiger partial charge in [0.2, 0.25) is 0 Å². The number of fused-ring (bicyclic) bond motifs is 3. The van der Waals surface area contributed by atoms with Gasteiger partial charge in [-0.2, -0.15) is 0 Å². The molecular formula is C17H16N2S. The minimum Gasteiger partial charge on any atom is -0.342 e. The van der Waals surface area contributed by atoms with Crippen molar-refractivity contribution in [3.8, 4) is 0 Å². The third-order valence-electron chi connectivity index (χ3n) is 4.20. The minimum absolute atomic E-state index is 0.517. The molecule has 100 valence electrons. The Morgan fingerprint density at radius 1 is 1.00 bits per heavy atom. The molecule has 0 aliphatic carbocycles. The third kappa shape index (κ3) is 1.81. The molecule has 2 heterocycles. The molecule has 0 spiro atoms. The van der Waals surface area contributed by atoms with Gasteiger partial charge in [-0.25, -0.2) is 0 Å². The van der Waals surface area contributed by atoms with Crippen molar-refractivity contribution in [2.24, 2.45) is 0 Å². The summed E-state index contributed by atoms with van der Waals surface area (Å²) >= 11 is 5.71. The van der Waals surface area contributed by atoms with Crippen LogP contribution < -0.4 is 4.90 Å². The summed E-state index contributed by atoms with van der Waals surface area (Å²) in [6, 6.07) is 19.7. The Labute approximate surface area is 124 Å². The number of benzene rings is 2. The first-order chi connectivity index (χ1) is 9.83. The Bertz CT molecular complexity index is 653. The van der Waals surface area contributed by atoms with Crippen LogP contribution in [0.5, 0.6) is 0 Å². The highest BCUT2D eigenvalue weighted by Gasteiger charge is 2.40. The lowest BCUT2D eigenvalue weighted by atomic mass is 10.1. The molecule has 2 aromatic carbocycles. The molecule has 0 bridgehead atoms. The lowest BCUT2D eigenvalue weighted by molar-refractivity contribution is 0.433. The molecule has 1 unspecified atom stereocenters.